The first-order valence-electron chi connectivity index (χ1n) is 9.62. The van der Waals surface area contributed by atoms with E-state index in [9.17, 15) is 22.8 Å². The molecule has 0 unspecified atom stereocenters. The van der Waals surface area contributed by atoms with Crippen LogP contribution in [0.25, 0.3) is 11.2 Å². The first kappa shape index (κ1) is 20.8. The van der Waals surface area contributed by atoms with Crippen molar-refractivity contribution < 1.29 is 13.2 Å². The minimum absolute atomic E-state index is 0.105. The lowest BCUT2D eigenvalue weighted by Gasteiger charge is -2.19. The fourth-order valence-electron chi connectivity index (χ4n) is 3.69. The Morgan fingerprint density at radius 1 is 1.19 bits per heavy atom. The zero-order valence-corrected chi connectivity index (χ0v) is 18.1. The van der Waals surface area contributed by atoms with Gasteiger partial charge in [0.1, 0.15) is 6.54 Å². The molecular formula is C19H22N6O5S. The number of fused-ring (bicyclic) bond motifs is 1. The lowest BCUT2D eigenvalue weighted by Crippen LogP contribution is -2.37. The lowest BCUT2D eigenvalue weighted by atomic mass is 10.1. The van der Waals surface area contributed by atoms with E-state index < -0.39 is 27.2 Å². The molecule has 0 radical (unpaired) electrons. The molecule has 0 bridgehead atoms. The Hall–Kier alpha value is -3.41. The number of aryl methyl sites for hydroxylation is 2. The van der Waals surface area contributed by atoms with Gasteiger partial charge in [-0.15, -0.1) is 0 Å². The van der Waals surface area contributed by atoms with Crippen molar-refractivity contribution in [1.29, 1.82) is 0 Å². The molecule has 1 aliphatic heterocycles. The van der Waals surface area contributed by atoms with Gasteiger partial charge >= 0.3 is 5.69 Å². The first-order chi connectivity index (χ1) is 14.6. The molecule has 0 atom stereocenters. The molecule has 1 saturated heterocycles. The predicted octanol–water partition coefficient (Wildman–Crippen LogP) is -0.0793. The summed E-state index contributed by atoms with van der Waals surface area (Å²) in [5.41, 5.74) is 1.04. The predicted molar refractivity (Wildman–Crippen MR) is 116 cm³/mol. The summed E-state index contributed by atoms with van der Waals surface area (Å²) in [5.74, 6) is -0.312. The number of hydrogen-bond donors (Lipinski definition) is 1. The van der Waals surface area contributed by atoms with Crippen molar-refractivity contribution in [3.63, 3.8) is 0 Å². The molecule has 2 aromatic heterocycles. The molecule has 1 amide bonds. The number of carbonyl (C=O) groups excluding carboxylic acids is 1. The Balaban J connectivity index is 1.62. The molecule has 164 valence electrons. The largest absolute Gasteiger partial charge is 0.332 e. The van der Waals surface area contributed by atoms with Gasteiger partial charge < -0.3 is 9.88 Å². The molecule has 1 N–H and O–H groups in total. The second-order valence-corrected chi connectivity index (χ2v) is 9.55. The van der Waals surface area contributed by atoms with E-state index in [-0.39, 0.29) is 23.5 Å². The monoisotopic (exact) mass is 446 g/mol. The Morgan fingerprint density at radius 3 is 2.61 bits per heavy atom. The number of benzene rings is 1. The summed E-state index contributed by atoms with van der Waals surface area (Å²) in [6.45, 7) is 2.01. The van der Waals surface area contributed by atoms with Crippen LogP contribution in [0.2, 0.25) is 0 Å². The maximum absolute atomic E-state index is 12.7. The molecule has 0 aliphatic carbocycles. The van der Waals surface area contributed by atoms with E-state index in [0.29, 0.717) is 24.3 Å². The molecule has 3 heterocycles. The summed E-state index contributed by atoms with van der Waals surface area (Å²) < 4.78 is 29.3. The van der Waals surface area contributed by atoms with E-state index in [4.69, 9.17) is 0 Å². The van der Waals surface area contributed by atoms with E-state index in [1.807, 2.05) is 0 Å². The van der Waals surface area contributed by atoms with Gasteiger partial charge in [-0.3, -0.25) is 23.0 Å². The van der Waals surface area contributed by atoms with Gasteiger partial charge in [-0.1, -0.05) is 6.07 Å². The summed E-state index contributed by atoms with van der Waals surface area (Å²) >= 11 is 0. The summed E-state index contributed by atoms with van der Waals surface area (Å²) in [7, 11) is -0.470. The van der Waals surface area contributed by atoms with Crippen LogP contribution in [0.5, 0.6) is 0 Å². The zero-order chi connectivity index (χ0) is 22.5. The normalized spacial score (nSPS) is 15.5. The van der Waals surface area contributed by atoms with Crippen LogP contribution in [0.3, 0.4) is 0 Å². The molecule has 31 heavy (non-hydrogen) atoms. The second kappa shape index (κ2) is 7.38. The Kier molecular flexibility index (Phi) is 4.96. The third-order valence-corrected chi connectivity index (χ3v) is 7.28. The van der Waals surface area contributed by atoms with Gasteiger partial charge in [0.15, 0.2) is 11.2 Å². The molecular weight excluding hydrogens is 424 g/mol. The van der Waals surface area contributed by atoms with Crippen LogP contribution in [0.1, 0.15) is 12.0 Å². The van der Waals surface area contributed by atoms with Gasteiger partial charge in [-0.2, -0.15) is 0 Å². The Morgan fingerprint density at radius 2 is 1.94 bits per heavy atom. The van der Waals surface area contributed by atoms with Crippen LogP contribution in [-0.2, 0) is 35.5 Å². The fourth-order valence-corrected chi connectivity index (χ4v) is 5.25. The third-order valence-electron chi connectivity index (χ3n) is 5.41. The maximum atomic E-state index is 12.7. The highest BCUT2D eigenvalue weighted by molar-refractivity contribution is 7.93. The lowest BCUT2D eigenvalue weighted by molar-refractivity contribution is -0.116. The maximum Gasteiger partial charge on any atom is 0.332 e. The van der Waals surface area contributed by atoms with Gasteiger partial charge in [0.25, 0.3) is 5.56 Å². The van der Waals surface area contributed by atoms with E-state index in [1.54, 1.807) is 25.1 Å². The third kappa shape index (κ3) is 3.52. The van der Waals surface area contributed by atoms with Gasteiger partial charge in [-0.25, -0.2) is 18.2 Å². The number of amides is 1. The second-order valence-electron chi connectivity index (χ2n) is 7.54. The SMILES string of the molecule is Cc1ccc(N2CCCS2(=O)=O)cc1NC(=O)Cn1cnc2c1c(=O)n(C)c(=O)n2C. The standard InChI is InChI=1S/C19H22N6O5S/c1-12-5-6-13(25-7-4-8-31(25,29)30)9-14(12)21-15(26)10-24-11-20-17-16(24)18(27)23(3)19(28)22(17)2/h5-6,9,11H,4,7-8,10H2,1-3H3,(H,21,26). The van der Waals surface area contributed by atoms with E-state index in [0.717, 1.165) is 10.1 Å². The summed E-state index contributed by atoms with van der Waals surface area (Å²) in [5, 5.41) is 2.78. The molecule has 1 aliphatic rings. The summed E-state index contributed by atoms with van der Waals surface area (Å²) in [6, 6.07) is 5.09. The van der Waals surface area contributed by atoms with Crippen LogP contribution in [0, 0.1) is 6.92 Å². The Labute approximate surface area is 177 Å². The van der Waals surface area contributed by atoms with Crippen molar-refractivity contribution in [3.05, 3.63) is 50.9 Å². The van der Waals surface area contributed by atoms with E-state index in [2.05, 4.69) is 10.3 Å². The fraction of sp³-hybridized carbons (Fsp3) is 0.368. The van der Waals surface area contributed by atoms with E-state index >= 15 is 0 Å². The molecule has 11 nitrogen and oxygen atoms in total. The average Bonchev–Trinajstić information content (AvgIpc) is 3.29. The van der Waals surface area contributed by atoms with Crippen molar-refractivity contribution in [2.24, 2.45) is 14.1 Å². The van der Waals surface area contributed by atoms with Gasteiger partial charge in [0.05, 0.1) is 17.8 Å². The molecule has 12 heteroatoms. The quantitative estimate of drug-likeness (QED) is 0.597. The van der Waals surface area contributed by atoms with Crippen molar-refractivity contribution >= 4 is 38.5 Å². The van der Waals surface area contributed by atoms with Gasteiger partial charge in [0.2, 0.25) is 15.9 Å². The molecule has 0 saturated carbocycles. The average molecular weight is 446 g/mol. The minimum atomic E-state index is -3.34. The summed E-state index contributed by atoms with van der Waals surface area (Å²) in [6.07, 6.45) is 1.90. The van der Waals surface area contributed by atoms with Gasteiger partial charge in [0, 0.05) is 26.3 Å². The highest BCUT2D eigenvalue weighted by Gasteiger charge is 2.28. The van der Waals surface area contributed by atoms with Crippen molar-refractivity contribution in [3.8, 4) is 0 Å². The molecule has 3 aromatic rings. The van der Waals surface area contributed by atoms with Crippen LogP contribution in [0.15, 0.2) is 34.1 Å². The number of imidazole rings is 1. The number of anilines is 2. The van der Waals surface area contributed by atoms with E-state index in [1.165, 1.54) is 33.9 Å². The first-order valence-corrected chi connectivity index (χ1v) is 11.2. The number of aromatic nitrogens is 4. The minimum Gasteiger partial charge on any atom is -0.324 e. The number of hydrogen-bond acceptors (Lipinski definition) is 6. The molecule has 1 fully saturated rings. The molecule has 0 spiro atoms. The highest BCUT2D eigenvalue weighted by Crippen LogP contribution is 2.28. The number of carbonyl (C=O) groups is 1. The number of sulfonamides is 1. The van der Waals surface area contributed by atoms with Crippen LogP contribution < -0.4 is 20.9 Å². The van der Waals surface area contributed by atoms with Crippen LogP contribution in [-0.4, -0.2) is 45.3 Å². The Bertz CT molecular complexity index is 1430. The van der Waals surface area contributed by atoms with Gasteiger partial charge in [-0.05, 0) is 31.0 Å². The highest BCUT2D eigenvalue weighted by atomic mass is 32.2. The number of rotatable bonds is 4. The number of nitrogens with zero attached hydrogens (tertiary/aromatic N) is 5. The summed E-state index contributed by atoms with van der Waals surface area (Å²) in [4.78, 5) is 41.4. The van der Waals surface area contributed by atoms with Crippen molar-refractivity contribution in [2.75, 3.05) is 21.9 Å². The van der Waals surface area contributed by atoms with Crippen molar-refractivity contribution in [1.82, 2.24) is 18.7 Å². The molecule has 1 aromatic carbocycles. The smallest absolute Gasteiger partial charge is 0.324 e. The zero-order valence-electron chi connectivity index (χ0n) is 17.3. The van der Waals surface area contributed by atoms with Crippen molar-refractivity contribution in [2.45, 2.75) is 19.9 Å². The number of nitrogens with one attached hydrogen (secondary N) is 1. The van der Waals surface area contributed by atoms with Crippen LogP contribution in [0.4, 0.5) is 11.4 Å². The topological polar surface area (TPSA) is 128 Å². The molecule has 4 rings (SSSR count). The van der Waals surface area contributed by atoms with Crippen LogP contribution >= 0.6 is 0 Å².